The summed E-state index contributed by atoms with van der Waals surface area (Å²) in [6.45, 7) is 4.83. The van der Waals surface area contributed by atoms with Gasteiger partial charge < -0.3 is 5.11 Å². The van der Waals surface area contributed by atoms with Crippen LogP contribution in [-0.2, 0) is 16.6 Å². The SMILES string of the molecule is CC1CC(C)CN(S(=O)(=O)c2[nH]ncc2CO)C1. The average Bonchev–Trinajstić information content (AvgIpc) is 2.76. The number of sulfonamides is 1. The quantitative estimate of drug-likeness (QED) is 0.843. The normalized spacial score (nSPS) is 26.4. The lowest BCUT2D eigenvalue weighted by Crippen LogP contribution is -2.42. The van der Waals surface area contributed by atoms with Gasteiger partial charge in [0.05, 0.1) is 12.8 Å². The van der Waals surface area contributed by atoms with Crippen LogP contribution in [0.5, 0.6) is 0 Å². The first-order valence-corrected chi connectivity index (χ1v) is 7.52. The van der Waals surface area contributed by atoms with Crippen LogP contribution in [0, 0.1) is 11.8 Å². The molecule has 102 valence electrons. The average molecular weight is 273 g/mol. The minimum absolute atomic E-state index is 0.0197. The molecule has 1 saturated heterocycles. The summed E-state index contributed by atoms with van der Waals surface area (Å²) < 4.78 is 26.4. The van der Waals surface area contributed by atoms with Gasteiger partial charge in [-0.25, -0.2) is 8.42 Å². The topological polar surface area (TPSA) is 86.3 Å². The van der Waals surface area contributed by atoms with Gasteiger partial charge in [0.1, 0.15) is 0 Å². The standard InChI is InChI=1S/C11H19N3O3S/c1-8-3-9(2)6-14(5-8)18(16,17)11-10(7-15)4-12-13-11/h4,8-9,15H,3,5-7H2,1-2H3,(H,12,13). The van der Waals surface area contributed by atoms with Crippen LogP contribution in [0.4, 0.5) is 0 Å². The van der Waals surface area contributed by atoms with E-state index in [0.29, 0.717) is 30.5 Å². The molecule has 0 bridgehead atoms. The summed E-state index contributed by atoms with van der Waals surface area (Å²) in [5.41, 5.74) is 0.320. The van der Waals surface area contributed by atoms with Crippen LogP contribution >= 0.6 is 0 Å². The second-order valence-corrected chi connectivity index (χ2v) is 7.03. The Hall–Kier alpha value is -0.920. The highest BCUT2D eigenvalue weighted by Gasteiger charge is 2.33. The molecule has 6 nitrogen and oxygen atoms in total. The molecule has 0 saturated carbocycles. The number of nitrogens with one attached hydrogen (secondary N) is 1. The van der Waals surface area contributed by atoms with E-state index in [-0.39, 0.29) is 11.6 Å². The van der Waals surface area contributed by atoms with Crippen molar-refractivity contribution in [3.05, 3.63) is 11.8 Å². The number of piperidine rings is 1. The molecule has 7 heteroatoms. The first kappa shape index (κ1) is 13.5. The molecule has 18 heavy (non-hydrogen) atoms. The predicted octanol–water partition coefficient (Wildman–Crippen LogP) is 0.569. The molecule has 2 N–H and O–H groups in total. The van der Waals surface area contributed by atoms with Gasteiger partial charge in [-0.1, -0.05) is 13.8 Å². The summed E-state index contributed by atoms with van der Waals surface area (Å²) in [5.74, 6) is 0.702. The van der Waals surface area contributed by atoms with E-state index in [1.807, 2.05) is 0 Å². The van der Waals surface area contributed by atoms with Gasteiger partial charge in [0, 0.05) is 18.7 Å². The molecule has 0 spiro atoms. The van der Waals surface area contributed by atoms with Crippen LogP contribution in [0.1, 0.15) is 25.8 Å². The maximum atomic E-state index is 12.5. The third-order valence-electron chi connectivity index (χ3n) is 3.28. The minimum Gasteiger partial charge on any atom is -0.392 e. The molecule has 2 unspecified atom stereocenters. The van der Waals surface area contributed by atoms with Crippen LogP contribution in [0.2, 0.25) is 0 Å². The summed E-state index contributed by atoms with van der Waals surface area (Å²) in [5, 5.41) is 15.3. The van der Waals surface area contributed by atoms with Crippen molar-refractivity contribution in [3.63, 3.8) is 0 Å². The van der Waals surface area contributed by atoms with Crippen molar-refractivity contribution in [2.24, 2.45) is 11.8 Å². The van der Waals surface area contributed by atoms with Gasteiger partial charge in [0.15, 0.2) is 5.03 Å². The second-order valence-electron chi connectivity index (χ2n) is 5.15. The lowest BCUT2D eigenvalue weighted by atomic mass is 9.94. The molecule has 0 aromatic carbocycles. The third kappa shape index (κ3) is 2.43. The molecular formula is C11H19N3O3S. The highest BCUT2D eigenvalue weighted by Crippen LogP contribution is 2.27. The Morgan fingerprint density at radius 1 is 1.44 bits per heavy atom. The van der Waals surface area contributed by atoms with Gasteiger partial charge in [-0.05, 0) is 18.3 Å². The molecular weight excluding hydrogens is 254 g/mol. The fourth-order valence-corrected chi connectivity index (χ4v) is 4.34. The molecule has 0 radical (unpaired) electrons. The number of H-pyrrole nitrogens is 1. The van der Waals surface area contributed by atoms with Crippen LogP contribution in [0.15, 0.2) is 11.2 Å². The Bertz CT molecular complexity index is 501. The molecule has 1 aromatic heterocycles. The third-order valence-corrected chi connectivity index (χ3v) is 5.13. The van der Waals surface area contributed by atoms with Crippen molar-refractivity contribution in [3.8, 4) is 0 Å². The van der Waals surface area contributed by atoms with Crippen LogP contribution < -0.4 is 0 Å². The van der Waals surface area contributed by atoms with Gasteiger partial charge in [-0.2, -0.15) is 9.40 Å². The molecule has 1 fully saturated rings. The summed E-state index contributed by atoms with van der Waals surface area (Å²) in [7, 11) is -3.57. The van der Waals surface area contributed by atoms with Gasteiger partial charge in [-0.3, -0.25) is 5.10 Å². The lowest BCUT2D eigenvalue weighted by molar-refractivity contribution is 0.221. The fourth-order valence-electron chi connectivity index (χ4n) is 2.57. The largest absolute Gasteiger partial charge is 0.392 e. The second kappa shape index (κ2) is 4.99. The zero-order chi connectivity index (χ0) is 13.3. The molecule has 1 aromatic rings. The van der Waals surface area contributed by atoms with Crippen molar-refractivity contribution >= 4 is 10.0 Å². The van der Waals surface area contributed by atoms with E-state index in [1.54, 1.807) is 0 Å². The predicted molar refractivity (Wildman–Crippen MR) is 66.2 cm³/mol. The molecule has 1 aliphatic rings. The first-order valence-electron chi connectivity index (χ1n) is 6.08. The van der Waals surface area contributed by atoms with Crippen LogP contribution in [0.3, 0.4) is 0 Å². The number of hydrogen-bond acceptors (Lipinski definition) is 4. The summed E-state index contributed by atoms with van der Waals surface area (Å²) in [6.07, 6.45) is 2.39. The van der Waals surface area contributed by atoms with Crippen molar-refractivity contribution < 1.29 is 13.5 Å². The lowest BCUT2D eigenvalue weighted by Gasteiger charge is -2.33. The van der Waals surface area contributed by atoms with Crippen molar-refractivity contribution in [1.82, 2.24) is 14.5 Å². The monoisotopic (exact) mass is 273 g/mol. The Kier molecular flexibility index (Phi) is 3.74. The summed E-state index contributed by atoms with van der Waals surface area (Å²) >= 11 is 0. The first-order chi connectivity index (χ1) is 8.45. The maximum absolute atomic E-state index is 12.5. The van der Waals surface area contributed by atoms with E-state index < -0.39 is 10.0 Å². The van der Waals surface area contributed by atoms with E-state index >= 15 is 0 Å². The van der Waals surface area contributed by atoms with Gasteiger partial charge in [0.2, 0.25) is 0 Å². The summed E-state index contributed by atoms with van der Waals surface area (Å²) in [4.78, 5) is 0. The zero-order valence-corrected chi connectivity index (χ0v) is 11.4. The van der Waals surface area contributed by atoms with E-state index in [0.717, 1.165) is 6.42 Å². The van der Waals surface area contributed by atoms with Gasteiger partial charge in [0.25, 0.3) is 10.0 Å². The van der Waals surface area contributed by atoms with E-state index in [4.69, 9.17) is 5.11 Å². The molecule has 2 heterocycles. The number of aromatic nitrogens is 2. The Balaban J connectivity index is 2.31. The molecule has 1 aliphatic heterocycles. The molecule has 0 amide bonds. The van der Waals surface area contributed by atoms with Gasteiger partial charge >= 0.3 is 0 Å². The number of aliphatic hydroxyl groups is 1. The van der Waals surface area contributed by atoms with E-state index in [2.05, 4.69) is 24.0 Å². The highest BCUT2D eigenvalue weighted by atomic mass is 32.2. The minimum atomic E-state index is -3.57. The number of nitrogens with zero attached hydrogens (tertiary/aromatic N) is 2. The smallest absolute Gasteiger partial charge is 0.260 e. The zero-order valence-electron chi connectivity index (χ0n) is 10.6. The van der Waals surface area contributed by atoms with Crippen LogP contribution in [-0.4, -0.2) is 41.1 Å². The van der Waals surface area contributed by atoms with Crippen molar-refractivity contribution in [2.45, 2.75) is 31.9 Å². The molecule has 2 atom stereocenters. The maximum Gasteiger partial charge on any atom is 0.260 e. The number of aliphatic hydroxyl groups excluding tert-OH is 1. The number of aromatic amines is 1. The summed E-state index contributed by atoms with van der Waals surface area (Å²) in [6, 6.07) is 0. The fraction of sp³-hybridized carbons (Fsp3) is 0.727. The molecule has 2 rings (SSSR count). The van der Waals surface area contributed by atoms with Gasteiger partial charge in [-0.15, -0.1) is 0 Å². The molecule has 0 aliphatic carbocycles. The van der Waals surface area contributed by atoms with E-state index in [1.165, 1.54) is 10.5 Å². The Labute approximate surface area is 107 Å². The Morgan fingerprint density at radius 3 is 2.61 bits per heavy atom. The number of hydrogen-bond donors (Lipinski definition) is 2. The number of rotatable bonds is 3. The van der Waals surface area contributed by atoms with Crippen LogP contribution in [0.25, 0.3) is 0 Å². The van der Waals surface area contributed by atoms with Crippen molar-refractivity contribution in [2.75, 3.05) is 13.1 Å². The Morgan fingerprint density at radius 2 is 2.06 bits per heavy atom. The highest BCUT2D eigenvalue weighted by molar-refractivity contribution is 7.89. The van der Waals surface area contributed by atoms with E-state index in [9.17, 15) is 8.42 Å². The van der Waals surface area contributed by atoms with Crippen molar-refractivity contribution in [1.29, 1.82) is 0 Å².